The molecule has 0 atom stereocenters. The van der Waals surface area contributed by atoms with Gasteiger partial charge in [0.15, 0.2) is 11.3 Å². The molecule has 2 aromatic carbocycles. The van der Waals surface area contributed by atoms with Crippen LogP contribution in [0.4, 0.5) is 18.9 Å². The van der Waals surface area contributed by atoms with E-state index >= 15 is 0 Å². The fourth-order valence-electron chi connectivity index (χ4n) is 4.30. The van der Waals surface area contributed by atoms with Crippen LogP contribution in [-0.2, 0) is 17.4 Å². The molecule has 0 radical (unpaired) electrons. The third-order valence-corrected chi connectivity index (χ3v) is 6.41. The minimum Gasteiger partial charge on any atom is -0.322 e. The summed E-state index contributed by atoms with van der Waals surface area (Å²) in [5.74, 6) is -0.870. The maximum absolute atomic E-state index is 13.5. The van der Waals surface area contributed by atoms with Gasteiger partial charge in [0.05, 0.1) is 17.6 Å². The number of hydrogen-bond acceptors (Lipinski definition) is 6. The van der Waals surface area contributed by atoms with E-state index in [4.69, 9.17) is 5.21 Å². The van der Waals surface area contributed by atoms with Crippen LogP contribution in [0.25, 0.3) is 28.2 Å². The fourth-order valence-corrected chi connectivity index (χ4v) is 4.30. The number of benzene rings is 2. The number of imidazole rings is 1. The van der Waals surface area contributed by atoms with Crippen molar-refractivity contribution >= 4 is 23.1 Å². The Kier molecular flexibility index (Phi) is 7.49. The van der Waals surface area contributed by atoms with Crippen molar-refractivity contribution in [3.63, 3.8) is 0 Å². The largest absolute Gasteiger partial charge is 0.434 e. The lowest BCUT2D eigenvalue weighted by atomic mass is 10.0. The Morgan fingerprint density at radius 2 is 1.83 bits per heavy atom. The number of fused-ring (bicyclic) bond motifs is 1. The van der Waals surface area contributed by atoms with Gasteiger partial charge in [-0.25, -0.2) is 15.0 Å². The third-order valence-electron chi connectivity index (χ3n) is 6.41. The minimum atomic E-state index is -4.63. The molecule has 0 unspecified atom stereocenters. The Labute approximate surface area is 231 Å². The van der Waals surface area contributed by atoms with Gasteiger partial charge < -0.3 is 5.32 Å². The van der Waals surface area contributed by atoms with E-state index in [1.54, 1.807) is 48.1 Å². The van der Waals surface area contributed by atoms with E-state index < -0.39 is 17.8 Å². The van der Waals surface area contributed by atoms with Crippen molar-refractivity contribution in [1.82, 2.24) is 25.1 Å². The first-order valence-electron chi connectivity index (χ1n) is 12.5. The van der Waals surface area contributed by atoms with Gasteiger partial charge in [0.1, 0.15) is 0 Å². The Morgan fingerprint density at radius 3 is 2.61 bits per heavy atom. The molecule has 3 aromatic heterocycles. The summed E-state index contributed by atoms with van der Waals surface area (Å²) >= 11 is 0. The zero-order valence-electron chi connectivity index (χ0n) is 21.6. The second-order valence-corrected chi connectivity index (χ2v) is 9.26. The monoisotopic (exact) mass is 560 g/mol. The molecule has 41 heavy (non-hydrogen) atoms. The standard InChI is InChI=1S/C29H23F3N6O3/c1-17-7-9-19(15-23(17)35-28(40)20-5-2-4-18(14-20)8-12-26(39)37-41)24-16-38-25(34-24)11-10-22(36-38)21-6-3-13-33-27(21)29(30,31)32/h2-7,9-11,13-16,41H,8,12H2,1H3,(H,35,40)(H,37,39). The Bertz CT molecular complexity index is 1770. The van der Waals surface area contributed by atoms with E-state index in [2.05, 4.69) is 20.4 Å². The van der Waals surface area contributed by atoms with Crippen LogP contribution < -0.4 is 10.8 Å². The topological polar surface area (TPSA) is 122 Å². The van der Waals surface area contributed by atoms with Gasteiger partial charge in [0.2, 0.25) is 5.91 Å². The van der Waals surface area contributed by atoms with Crippen molar-refractivity contribution in [2.45, 2.75) is 25.9 Å². The molecule has 5 aromatic rings. The number of nitrogens with zero attached hydrogens (tertiary/aromatic N) is 4. The lowest BCUT2D eigenvalue weighted by Crippen LogP contribution is -2.19. The first kappa shape index (κ1) is 27.5. The second kappa shape index (κ2) is 11.2. The number of halogens is 3. The molecule has 3 heterocycles. The van der Waals surface area contributed by atoms with Gasteiger partial charge in [-0.2, -0.15) is 18.3 Å². The molecule has 0 spiro atoms. The highest BCUT2D eigenvalue weighted by Gasteiger charge is 2.35. The molecule has 0 aliphatic carbocycles. The van der Waals surface area contributed by atoms with Gasteiger partial charge >= 0.3 is 6.18 Å². The van der Waals surface area contributed by atoms with Crippen molar-refractivity contribution < 1.29 is 28.0 Å². The number of carbonyl (C=O) groups is 2. The van der Waals surface area contributed by atoms with Crippen LogP contribution in [0, 0.1) is 6.92 Å². The normalized spacial score (nSPS) is 11.4. The van der Waals surface area contributed by atoms with Crippen LogP contribution in [0.1, 0.15) is 33.6 Å². The van der Waals surface area contributed by atoms with Crippen LogP contribution >= 0.6 is 0 Å². The van der Waals surface area contributed by atoms with Crippen molar-refractivity contribution in [2.24, 2.45) is 0 Å². The van der Waals surface area contributed by atoms with Crippen LogP contribution in [0.5, 0.6) is 0 Å². The number of carbonyl (C=O) groups excluding carboxylic acids is 2. The highest BCUT2D eigenvalue weighted by molar-refractivity contribution is 6.05. The molecule has 208 valence electrons. The van der Waals surface area contributed by atoms with E-state index in [1.807, 2.05) is 19.1 Å². The molecular weight excluding hydrogens is 537 g/mol. The number of hydrogen-bond donors (Lipinski definition) is 3. The highest BCUT2D eigenvalue weighted by atomic mass is 19.4. The van der Waals surface area contributed by atoms with Gasteiger partial charge in [-0.05, 0) is 66.9 Å². The summed E-state index contributed by atoms with van der Waals surface area (Å²) in [5, 5.41) is 15.9. The van der Waals surface area contributed by atoms with Gasteiger partial charge in [-0.15, -0.1) is 0 Å². The van der Waals surface area contributed by atoms with E-state index in [-0.39, 0.29) is 23.6 Å². The quantitative estimate of drug-likeness (QED) is 0.179. The van der Waals surface area contributed by atoms with Crippen LogP contribution in [-0.4, -0.2) is 36.6 Å². The number of nitrogens with one attached hydrogen (secondary N) is 2. The molecule has 9 nitrogen and oxygen atoms in total. The number of anilines is 1. The molecule has 2 amide bonds. The number of alkyl halides is 3. The third kappa shape index (κ3) is 6.07. The summed E-state index contributed by atoms with van der Waals surface area (Å²) in [6, 6.07) is 18.0. The molecule has 0 saturated heterocycles. The zero-order valence-corrected chi connectivity index (χ0v) is 21.6. The van der Waals surface area contributed by atoms with E-state index in [1.165, 1.54) is 22.7 Å². The number of aryl methyl sites for hydroxylation is 2. The lowest BCUT2D eigenvalue weighted by molar-refractivity contribution is -0.140. The summed E-state index contributed by atoms with van der Waals surface area (Å²) in [4.78, 5) is 32.4. The number of pyridine rings is 1. The zero-order chi connectivity index (χ0) is 29.1. The first-order chi connectivity index (χ1) is 19.6. The maximum atomic E-state index is 13.5. The van der Waals surface area contributed by atoms with E-state index in [0.717, 1.165) is 17.3 Å². The Balaban J connectivity index is 1.40. The van der Waals surface area contributed by atoms with Crippen molar-refractivity contribution in [3.8, 4) is 22.5 Å². The molecule has 12 heteroatoms. The summed E-state index contributed by atoms with van der Waals surface area (Å²) in [6.07, 6.45) is -1.52. The second-order valence-electron chi connectivity index (χ2n) is 9.26. The smallest absolute Gasteiger partial charge is 0.322 e. The van der Waals surface area contributed by atoms with E-state index in [9.17, 15) is 22.8 Å². The predicted molar refractivity (Wildman–Crippen MR) is 144 cm³/mol. The molecule has 0 fully saturated rings. The molecule has 0 bridgehead atoms. The van der Waals surface area contributed by atoms with E-state index in [0.29, 0.717) is 34.6 Å². The predicted octanol–water partition coefficient (Wildman–Crippen LogP) is 5.48. The summed E-state index contributed by atoms with van der Waals surface area (Å²) in [6.45, 7) is 1.84. The molecule has 0 aliphatic heterocycles. The van der Waals surface area contributed by atoms with Crippen molar-refractivity contribution in [1.29, 1.82) is 0 Å². The average Bonchev–Trinajstić information content (AvgIpc) is 3.40. The summed E-state index contributed by atoms with van der Waals surface area (Å²) in [7, 11) is 0. The molecule has 0 aliphatic rings. The van der Waals surface area contributed by atoms with Gasteiger partial charge in [-0.1, -0.05) is 24.3 Å². The van der Waals surface area contributed by atoms with Crippen LogP contribution in [0.15, 0.2) is 79.1 Å². The minimum absolute atomic E-state index is 0.0732. The van der Waals surface area contributed by atoms with Crippen molar-refractivity contribution in [2.75, 3.05) is 5.32 Å². The summed E-state index contributed by atoms with van der Waals surface area (Å²) in [5.41, 5.74) is 4.64. The molecule has 5 rings (SSSR count). The SMILES string of the molecule is Cc1ccc(-c2cn3nc(-c4cccnc4C(F)(F)F)ccc3n2)cc1NC(=O)c1cccc(CCC(=O)NO)c1. The van der Waals surface area contributed by atoms with Crippen LogP contribution in [0.2, 0.25) is 0 Å². The number of hydroxylamine groups is 1. The van der Waals surface area contributed by atoms with Gasteiger partial charge in [0.25, 0.3) is 5.91 Å². The Morgan fingerprint density at radius 1 is 1.00 bits per heavy atom. The Hall–Kier alpha value is -5.10. The maximum Gasteiger partial charge on any atom is 0.434 e. The highest BCUT2D eigenvalue weighted by Crippen LogP contribution is 2.35. The number of amides is 2. The van der Waals surface area contributed by atoms with Crippen molar-refractivity contribution in [3.05, 3.63) is 102 Å². The fraction of sp³-hybridized carbons (Fsp3) is 0.138. The molecule has 3 N–H and O–H groups in total. The lowest BCUT2D eigenvalue weighted by Gasteiger charge is -2.11. The molecule has 0 saturated carbocycles. The number of rotatable bonds is 7. The van der Waals surface area contributed by atoms with Gasteiger partial charge in [-0.3, -0.25) is 19.8 Å². The number of aromatic nitrogens is 4. The molecular formula is C29H23F3N6O3. The van der Waals surface area contributed by atoms with Crippen LogP contribution in [0.3, 0.4) is 0 Å². The summed E-state index contributed by atoms with van der Waals surface area (Å²) < 4.78 is 41.8. The van der Waals surface area contributed by atoms with Gasteiger partial charge in [0, 0.05) is 35.0 Å². The average molecular weight is 561 g/mol. The first-order valence-corrected chi connectivity index (χ1v) is 12.5.